The number of hydrogen-bond acceptors (Lipinski definition) is 2. The molecule has 86 valence electrons. The number of ketones is 1. The van der Waals surface area contributed by atoms with E-state index in [0.717, 1.165) is 5.56 Å². The second-order valence-electron chi connectivity index (χ2n) is 4.68. The minimum atomic E-state index is -0.0278. The number of hydrogen-bond donors (Lipinski definition) is 0. The first-order valence-electron chi connectivity index (χ1n) is 5.90. The normalized spacial score (nSPS) is 21.4. The zero-order valence-electron chi connectivity index (χ0n) is 9.90. The molecule has 2 rings (SSSR count). The van der Waals surface area contributed by atoms with Crippen LogP contribution in [0.5, 0.6) is 0 Å². The monoisotopic (exact) mass is 218 g/mol. The highest BCUT2D eigenvalue weighted by atomic mass is 16.5. The highest BCUT2D eigenvalue weighted by Gasteiger charge is 2.21. The van der Waals surface area contributed by atoms with Gasteiger partial charge in [-0.2, -0.15) is 0 Å². The predicted molar refractivity (Wildman–Crippen MR) is 63.5 cm³/mol. The summed E-state index contributed by atoms with van der Waals surface area (Å²) < 4.78 is 5.65. The fourth-order valence-corrected chi connectivity index (χ4v) is 2.02. The van der Waals surface area contributed by atoms with Gasteiger partial charge in [-0.1, -0.05) is 38.1 Å². The maximum Gasteiger partial charge on any atom is 0.138 e. The molecule has 1 atom stereocenters. The van der Waals surface area contributed by atoms with Gasteiger partial charge in [-0.3, -0.25) is 4.79 Å². The fraction of sp³-hybridized carbons (Fsp3) is 0.500. The summed E-state index contributed by atoms with van der Waals surface area (Å²) in [7, 11) is 0. The molecule has 0 radical (unpaired) electrons. The van der Waals surface area contributed by atoms with Crippen LogP contribution in [0.1, 0.15) is 49.8 Å². The summed E-state index contributed by atoms with van der Waals surface area (Å²) in [4.78, 5) is 11.4. The summed E-state index contributed by atoms with van der Waals surface area (Å²) in [5, 5.41) is 0. The van der Waals surface area contributed by atoms with Gasteiger partial charge in [-0.15, -0.1) is 0 Å². The molecule has 1 aliphatic heterocycles. The van der Waals surface area contributed by atoms with Crippen molar-refractivity contribution in [1.82, 2.24) is 0 Å². The Morgan fingerprint density at radius 1 is 1.38 bits per heavy atom. The second kappa shape index (κ2) is 4.79. The fourth-order valence-electron chi connectivity index (χ4n) is 2.02. The molecule has 2 nitrogen and oxygen atoms in total. The Labute approximate surface area is 96.6 Å². The third kappa shape index (κ3) is 2.50. The minimum absolute atomic E-state index is 0.0278. The van der Waals surface area contributed by atoms with Crippen molar-refractivity contribution in [2.75, 3.05) is 6.61 Å². The summed E-state index contributed by atoms with van der Waals surface area (Å²) in [6.45, 7) is 4.91. The average Bonchev–Trinajstić information content (AvgIpc) is 2.29. The van der Waals surface area contributed by atoms with Crippen LogP contribution in [0.15, 0.2) is 24.3 Å². The van der Waals surface area contributed by atoms with E-state index in [4.69, 9.17) is 4.74 Å². The van der Waals surface area contributed by atoms with Crippen LogP contribution in [-0.2, 0) is 9.53 Å². The van der Waals surface area contributed by atoms with Crippen LogP contribution >= 0.6 is 0 Å². The van der Waals surface area contributed by atoms with Gasteiger partial charge in [0, 0.05) is 12.8 Å². The standard InChI is InChI=1S/C14H18O2/c1-10(2)11-4-3-5-12(8-11)14-9-13(15)6-7-16-14/h3-5,8,10,14H,6-7,9H2,1-2H3. The van der Waals surface area contributed by atoms with Gasteiger partial charge >= 0.3 is 0 Å². The Morgan fingerprint density at radius 3 is 2.88 bits per heavy atom. The molecule has 1 unspecified atom stereocenters. The first-order chi connectivity index (χ1) is 7.66. The molecule has 0 saturated carbocycles. The predicted octanol–water partition coefficient (Wildman–Crippen LogP) is 3.23. The van der Waals surface area contributed by atoms with Crippen molar-refractivity contribution in [2.24, 2.45) is 0 Å². The van der Waals surface area contributed by atoms with Crippen molar-refractivity contribution in [3.05, 3.63) is 35.4 Å². The molecule has 0 N–H and O–H groups in total. The topological polar surface area (TPSA) is 26.3 Å². The molecular weight excluding hydrogens is 200 g/mol. The Hall–Kier alpha value is -1.15. The van der Waals surface area contributed by atoms with Gasteiger partial charge in [0.15, 0.2) is 0 Å². The van der Waals surface area contributed by atoms with E-state index in [1.54, 1.807) is 0 Å². The van der Waals surface area contributed by atoms with Crippen molar-refractivity contribution in [1.29, 1.82) is 0 Å². The van der Waals surface area contributed by atoms with Gasteiger partial charge in [-0.25, -0.2) is 0 Å². The zero-order chi connectivity index (χ0) is 11.5. The van der Waals surface area contributed by atoms with Crippen LogP contribution < -0.4 is 0 Å². The van der Waals surface area contributed by atoms with E-state index in [1.165, 1.54) is 5.56 Å². The van der Waals surface area contributed by atoms with Crippen LogP contribution in [-0.4, -0.2) is 12.4 Å². The van der Waals surface area contributed by atoms with Gasteiger partial charge in [0.2, 0.25) is 0 Å². The van der Waals surface area contributed by atoms with Gasteiger partial charge < -0.3 is 4.74 Å². The number of Topliss-reactive ketones (excluding diaryl/α,β-unsaturated/α-hetero) is 1. The summed E-state index contributed by atoms with van der Waals surface area (Å²) in [5.41, 5.74) is 2.44. The first-order valence-corrected chi connectivity index (χ1v) is 5.90. The van der Waals surface area contributed by atoms with Gasteiger partial charge in [0.05, 0.1) is 12.7 Å². The second-order valence-corrected chi connectivity index (χ2v) is 4.68. The van der Waals surface area contributed by atoms with E-state index in [1.807, 2.05) is 6.07 Å². The SMILES string of the molecule is CC(C)c1cccc(C2CC(=O)CCO2)c1. The highest BCUT2D eigenvalue weighted by molar-refractivity contribution is 5.79. The Morgan fingerprint density at radius 2 is 2.19 bits per heavy atom. The molecule has 2 heteroatoms. The number of carbonyl (C=O) groups is 1. The first kappa shape index (κ1) is 11.3. The van der Waals surface area contributed by atoms with E-state index in [9.17, 15) is 4.79 Å². The Bertz CT molecular complexity index is 382. The summed E-state index contributed by atoms with van der Waals surface area (Å²) in [6.07, 6.45) is 1.07. The van der Waals surface area contributed by atoms with Crippen LogP contribution in [0.4, 0.5) is 0 Å². The lowest BCUT2D eigenvalue weighted by atomic mass is 9.95. The number of benzene rings is 1. The lowest BCUT2D eigenvalue weighted by Gasteiger charge is -2.22. The molecule has 0 spiro atoms. The molecule has 0 amide bonds. The molecule has 1 heterocycles. The number of carbonyl (C=O) groups excluding carboxylic acids is 1. The van der Waals surface area contributed by atoms with E-state index in [2.05, 4.69) is 32.0 Å². The summed E-state index contributed by atoms with van der Waals surface area (Å²) >= 11 is 0. The van der Waals surface area contributed by atoms with Gasteiger partial charge in [0.25, 0.3) is 0 Å². The molecule has 1 aromatic carbocycles. The largest absolute Gasteiger partial charge is 0.373 e. The Balaban J connectivity index is 2.19. The van der Waals surface area contributed by atoms with Crippen molar-refractivity contribution < 1.29 is 9.53 Å². The van der Waals surface area contributed by atoms with Crippen molar-refractivity contribution in [3.8, 4) is 0 Å². The van der Waals surface area contributed by atoms with Crippen LogP contribution in [0.3, 0.4) is 0 Å². The zero-order valence-corrected chi connectivity index (χ0v) is 9.90. The highest BCUT2D eigenvalue weighted by Crippen LogP contribution is 2.28. The molecule has 16 heavy (non-hydrogen) atoms. The quantitative estimate of drug-likeness (QED) is 0.761. The molecule has 1 fully saturated rings. The molecule has 0 aliphatic carbocycles. The van der Waals surface area contributed by atoms with Crippen molar-refractivity contribution in [3.63, 3.8) is 0 Å². The van der Waals surface area contributed by atoms with Crippen LogP contribution in [0.25, 0.3) is 0 Å². The van der Waals surface area contributed by atoms with Crippen LogP contribution in [0, 0.1) is 0 Å². The van der Waals surface area contributed by atoms with Crippen LogP contribution in [0.2, 0.25) is 0 Å². The molecule has 0 aromatic heterocycles. The van der Waals surface area contributed by atoms with Crippen molar-refractivity contribution in [2.45, 2.75) is 38.7 Å². The molecule has 0 bridgehead atoms. The smallest absolute Gasteiger partial charge is 0.138 e. The average molecular weight is 218 g/mol. The van der Waals surface area contributed by atoms with E-state index >= 15 is 0 Å². The molecular formula is C14H18O2. The van der Waals surface area contributed by atoms with E-state index in [0.29, 0.717) is 31.1 Å². The number of rotatable bonds is 2. The Kier molecular flexibility index (Phi) is 3.39. The lowest BCUT2D eigenvalue weighted by Crippen LogP contribution is -2.19. The third-order valence-electron chi connectivity index (χ3n) is 3.06. The van der Waals surface area contributed by atoms with Gasteiger partial charge in [-0.05, 0) is 17.0 Å². The maximum atomic E-state index is 11.4. The third-order valence-corrected chi connectivity index (χ3v) is 3.06. The maximum absolute atomic E-state index is 11.4. The van der Waals surface area contributed by atoms with Gasteiger partial charge in [0.1, 0.15) is 5.78 Å². The number of ether oxygens (including phenoxy) is 1. The molecule has 1 aliphatic rings. The van der Waals surface area contributed by atoms with Crippen molar-refractivity contribution >= 4 is 5.78 Å². The minimum Gasteiger partial charge on any atom is -0.373 e. The van der Waals surface area contributed by atoms with E-state index in [-0.39, 0.29) is 6.10 Å². The lowest BCUT2D eigenvalue weighted by molar-refractivity contribution is -0.128. The molecule has 1 saturated heterocycles. The summed E-state index contributed by atoms with van der Waals surface area (Å²) in [5.74, 6) is 0.824. The van der Waals surface area contributed by atoms with E-state index < -0.39 is 0 Å². The summed E-state index contributed by atoms with van der Waals surface area (Å²) in [6, 6.07) is 8.38. The molecule has 1 aromatic rings.